The lowest BCUT2D eigenvalue weighted by Crippen LogP contribution is -2.43. The summed E-state index contributed by atoms with van der Waals surface area (Å²) in [7, 11) is 0. The topological polar surface area (TPSA) is 77.8 Å². The van der Waals surface area contributed by atoms with Gasteiger partial charge in [0, 0.05) is 6.04 Å². The molecule has 0 aromatic heterocycles. The number of rotatable bonds is 2. The van der Waals surface area contributed by atoms with E-state index in [9.17, 15) is 9.59 Å². The Balaban J connectivity index is 2.78. The van der Waals surface area contributed by atoms with Crippen LogP contribution >= 0.6 is 0 Å². The van der Waals surface area contributed by atoms with Gasteiger partial charge in [-0.3, -0.25) is 4.90 Å². The van der Waals surface area contributed by atoms with Crippen LogP contribution in [0.25, 0.3) is 0 Å². The Morgan fingerprint density at radius 3 is 2.38 bits per heavy atom. The van der Waals surface area contributed by atoms with Crippen molar-refractivity contribution in [2.45, 2.75) is 38.3 Å². The van der Waals surface area contributed by atoms with Crippen LogP contribution in [0.3, 0.4) is 0 Å². The SMILES string of the molecule is CC[C@H]1CC[C@@H](C(=O)O)N1C(=O)O. The fraction of sp³-hybridized carbons (Fsp3) is 0.750. The predicted octanol–water partition coefficient (Wildman–Crippen LogP) is 0.992. The Morgan fingerprint density at radius 1 is 1.38 bits per heavy atom. The van der Waals surface area contributed by atoms with E-state index >= 15 is 0 Å². The van der Waals surface area contributed by atoms with Gasteiger partial charge in [-0.2, -0.15) is 0 Å². The number of carbonyl (C=O) groups is 2. The van der Waals surface area contributed by atoms with Crippen molar-refractivity contribution in [1.82, 2.24) is 4.90 Å². The fourth-order valence-electron chi connectivity index (χ4n) is 1.82. The van der Waals surface area contributed by atoms with Gasteiger partial charge in [-0.1, -0.05) is 6.92 Å². The Hall–Kier alpha value is -1.26. The maximum atomic E-state index is 10.7. The molecule has 0 unspecified atom stereocenters. The van der Waals surface area contributed by atoms with Crippen LogP contribution in [0.2, 0.25) is 0 Å². The molecular weight excluding hydrogens is 174 g/mol. The molecule has 1 aliphatic rings. The molecule has 2 N–H and O–H groups in total. The smallest absolute Gasteiger partial charge is 0.408 e. The fourth-order valence-corrected chi connectivity index (χ4v) is 1.82. The molecule has 0 spiro atoms. The van der Waals surface area contributed by atoms with E-state index in [0.29, 0.717) is 19.3 Å². The van der Waals surface area contributed by atoms with Crippen LogP contribution < -0.4 is 0 Å². The lowest BCUT2D eigenvalue weighted by atomic mass is 10.1. The molecule has 0 saturated carbocycles. The third kappa shape index (κ3) is 1.74. The number of likely N-dealkylation sites (tertiary alicyclic amines) is 1. The number of amides is 1. The van der Waals surface area contributed by atoms with Gasteiger partial charge in [0.15, 0.2) is 0 Å². The minimum Gasteiger partial charge on any atom is -0.480 e. The normalized spacial score (nSPS) is 27.6. The molecule has 0 aromatic carbocycles. The number of hydrogen-bond donors (Lipinski definition) is 2. The van der Waals surface area contributed by atoms with Crippen molar-refractivity contribution >= 4 is 12.1 Å². The van der Waals surface area contributed by atoms with Gasteiger partial charge in [0.05, 0.1) is 0 Å². The molecule has 2 atom stereocenters. The van der Waals surface area contributed by atoms with Crippen LogP contribution in [-0.4, -0.2) is 39.3 Å². The molecule has 13 heavy (non-hydrogen) atoms. The van der Waals surface area contributed by atoms with Crippen molar-refractivity contribution in [3.63, 3.8) is 0 Å². The largest absolute Gasteiger partial charge is 0.480 e. The van der Waals surface area contributed by atoms with Crippen LogP contribution in [0.1, 0.15) is 26.2 Å². The van der Waals surface area contributed by atoms with Gasteiger partial charge < -0.3 is 10.2 Å². The molecule has 1 heterocycles. The van der Waals surface area contributed by atoms with Gasteiger partial charge >= 0.3 is 12.1 Å². The first kappa shape index (κ1) is 9.83. The summed E-state index contributed by atoms with van der Waals surface area (Å²) in [5.74, 6) is -1.04. The van der Waals surface area contributed by atoms with E-state index in [-0.39, 0.29) is 6.04 Å². The molecule has 5 nitrogen and oxygen atoms in total. The highest BCUT2D eigenvalue weighted by molar-refractivity contribution is 5.80. The number of nitrogens with zero attached hydrogens (tertiary/aromatic N) is 1. The lowest BCUT2D eigenvalue weighted by Gasteiger charge is -2.23. The third-order valence-corrected chi connectivity index (χ3v) is 2.48. The molecule has 0 aliphatic carbocycles. The van der Waals surface area contributed by atoms with E-state index in [2.05, 4.69) is 0 Å². The zero-order valence-electron chi connectivity index (χ0n) is 7.43. The zero-order valence-corrected chi connectivity index (χ0v) is 7.43. The van der Waals surface area contributed by atoms with E-state index in [1.54, 1.807) is 0 Å². The van der Waals surface area contributed by atoms with E-state index in [4.69, 9.17) is 10.2 Å². The van der Waals surface area contributed by atoms with Gasteiger partial charge in [0.25, 0.3) is 0 Å². The second kappa shape index (κ2) is 3.64. The molecule has 1 saturated heterocycles. The number of carboxylic acid groups (broad SMARTS) is 2. The molecule has 1 fully saturated rings. The molecule has 1 amide bonds. The third-order valence-electron chi connectivity index (χ3n) is 2.48. The maximum absolute atomic E-state index is 10.7. The van der Waals surface area contributed by atoms with Crippen molar-refractivity contribution < 1.29 is 19.8 Å². The molecule has 1 rings (SSSR count). The van der Waals surface area contributed by atoms with Gasteiger partial charge in [0.1, 0.15) is 6.04 Å². The highest BCUT2D eigenvalue weighted by Crippen LogP contribution is 2.26. The van der Waals surface area contributed by atoms with Crippen molar-refractivity contribution in [3.8, 4) is 0 Å². The molecular formula is C8H13NO4. The van der Waals surface area contributed by atoms with Crippen LogP contribution in [0.5, 0.6) is 0 Å². The molecule has 0 bridgehead atoms. The molecule has 1 aliphatic heterocycles. The first-order valence-electron chi connectivity index (χ1n) is 4.32. The summed E-state index contributed by atoms with van der Waals surface area (Å²) in [6.07, 6.45) is 0.632. The Labute approximate surface area is 76.0 Å². The number of aliphatic carboxylic acids is 1. The lowest BCUT2D eigenvalue weighted by molar-refractivity contribution is -0.142. The zero-order chi connectivity index (χ0) is 10.0. The Bertz CT molecular complexity index is 228. The van der Waals surface area contributed by atoms with Crippen molar-refractivity contribution in [3.05, 3.63) is 0 Å². The summed E-state index contributed by atoms with van der Waals surface area (Å²) in [6, 6.07) is -0.971. The van der Waals surface area contributed by atoms with Gasteiger partial charge in [-0.25, -0.2) is 9.59 Å². The summed E-state index contributed by atoms with van der Waals surface area (Å²) in [5.41, 5.74) is 0. The Morgan fingerprint density at radius 2 is 2.00 bits per heavy atom. The minimum atomic E-state index is -1.13. The maximum Gasteiger partial charge on any atom is 0.408 e. The van der Waals surface area contributed by atoms with Gasteiger partial charge in [-0.05, 0) is 19.3 Å². The van der Waals surface area contributed by atoms with E-state index in [1.807, 2.05) is 6.92 Å². The van der Waals surface area contributed by atoms with Crippen molar-refractivity contribution in [2.75, 3.05) is 0 Å². The van der Waals surface area contributed by atoms with Crippen LogP contribution in [0, 0.1) is 0 Å². The average Bonchev–Trinajstić information content (AvgIpc) is 2.46. The van der Waals surface area contributed by atoms with Gasteiger partial charge in [-0.15, -0.1) is 0 Å². The molecule has 0 radical (unpaired) electrons. The van der Waals surface area contributed by atoms with Crippen LogP contribution in [0.4, 0.5) is 4.79 Å². The first-order valence-corrected chi connectivity index (χ1v) is 4.32. The van der Waals surface area contributed by atoms with Crippen molar-refractivity contribution in [2.24, 2.45) is 0 Å². The van der Waals surface area contributed by atoms with E-state index < -0.39 is 18.1 Å². The highest BCUT2D eigenvalue weighted by atomic mass is 16.4. The summed E-state index contributed by atoms with van der Waals surface area (Å²) in [5, 5.41) is 17.5. The average molecular weight is 187 g/mol. The monoisotopic (exact) mass is 187 g/mol. The standard InChI is InChI=1S/C8H13NO4/c1-2-5-3-4-6(7(10)11)9(5)8(12)13/h5-6H,2-4H2,1H3,(H,10,11)(H,12,13)/t5-,6-/m0/s1. The highest BCUT2D eigenvalue weighted by Gasteiger charge is 2.39. The Kier molecular flexibility index (Phi) is 2.75. The van der Waals surface area contributed by atoms with Crippen LogP contribution in [-0.2, 0) is 4.79 Å². The molecule has 0 aromatic rings. The second-order valence-electron chi connectivity index (χ2n) is 3.18. The minimum absolute atomic E-state index is 0.126. The van der Waals surface area contributed by atoms with E-state index in [0.717, 1.165) is 4.90 Å². The summed E-state index contributed by atoms with van der Waals surface area (Å²) in [6.45, 7) is 1.87. The second-order valence-corrected chi connectivity index (χ2v) is 3.18. The summed E-state index contributed by atoms with van der Waals surface area (Å²) < 4.78 is 0. The number of hydrogen-bond acceptors (Lipinski definition) is 2. The van der Waals surface area contributed by atoms with Crippen molar-refractivity contribution in [1.29, 1.82) is 0 Å². The quantitative estimate of drug-likeness (QED) is 0.675. The predicted molar refractivity (Wildman–Crippen MR) is 44.6 cm³/mol. The molecule has 5 heteroatoms. The van der Waals surface area contributed by atoms with Gasteiger partial charge in [0.2, 0.25) is 0 Å². The summed E-state index contributed by atoms with van der Waals surface area (Å²) >= 11 is 0. The summed E-state index contributed by atoms with van der Waals surface area (Å²) in [4.78, 5) is 22.5. The van der Waals surface area contributed by atoms with E-state index in [1.165, 1.54) is 0 Å². The molecule has 74 valence electrons. The first-order chi connectivity index (χ1) is 6.07. The van der Waals surface area contributed by atoms with Crippen LogP contribution in [0.15, 0.2) is 0 Å². The number of carboxylic acids is 1.